The standard InChI is InChI=1S/C22H33BO2/c1-21(2)22(3,4)25-23(24-21)20-15-11-10-14-19(16-17-20)18-12-8-6-5-7-9-13-18/h5-9,12-13,19-20H,10-11,14-17H2,1-4H3/b6-5-,7-5?,8-6?,9-7-,12-8-,13-9?,18-12?,18-13+. The summed E-state index contributed by atoms with van der Waals surface area (Å²) >= 11 is 0. The molecular weight excluding hydrogens is 307 g/mol. The smallest absolute Gasteiger partial charge is 0.403 e. The highest BCUT2D eigenvalue weighted by Crippen LogP contribution is 2.44. The summed E-state index contributed by atoms with van der Waals surface area (Å²) < 4.78 is 12.7. The lowest BCUT2D eigenvalue weighted by atomic mass is 9.64. The molecule has 1 saturated carbocycles. The van der Waals surface area contributed by atoms with Gasteiger partial charge in [0.25, 0.3) is 0 Å². The van der Waals surface area contributed by atoms with E-state index < -0.39 is 0 Å². The third-order valence-electron chi connectivity index (χ3n) is 6.41. The summed E-state index contributed by atoms with van der Waals surface area (Å²) in [6.45, 7) is 8.62. The van der Waals surface area contributed by atoms with Crippen molar-refractivity contribution in [1.82, 2.24) is 0 Å². The molecule has 136 valence electrons. The van der Waals surface area contributed by atoms with Crippen molar-refractivity contribution in [3.63, 3.8) is 0 Å². The zero-order chi connectivity index (χ0) is 17.9. The van der Waals surface area contributed by atoms with Crippen LogP contribution in [0, 0.1) is 5.92 Å². The molecule has 1 saturated heterocycles. The van der Waals surface area contributed by atoms with Crippen molar-refractivity contribution in [2.24, 2.45) is 5.92 Å². The Morgan fingerprint density at radius 3 is 2.20 bits per heavy atom. The van der Waals surface area contributed by atoms with Crippen molar-refractivity contribution >= 4 is 7.12 Å². The lowest BCUT2D eigenvalue weighted by Crippen LogP contribution is -2.41. The number of rotatable bonds is 2. The van der Waals surface area contributed by atoms with Crippen LogP contribution in [0.2, 0.25) is 5.82 Å². The van der Waals surface area contributed by atoms with Gasteiger partial charge in [0.2, 0.25) is 0 Å². The van der Waals surface area contributed by atoms with Crippen LogP contribution in [0.4, 0.5) is 0 Å². The summed E-state index contributed by atoms with van der Waals surface area (Å²) in [6, 6.07) is 0. The summed E-state index contributed by atoms with van der Waals surface area (Å²) in [5, 5.41) is 0. The molecule has 1 heterocycles. The van der Waals surface area contributed by atoms with E-state index in [1.807, 2.05) is 0 Å². The van der Waals surface area contributed by atoms with Crippen molar-refractivity contribution in [3.8, 4) is 0 Å². The first-order chi connectivity index (χ1) is 11.9. The van der Waals surface area contributed by atoms with Crippen molar-refractivity contribution in [3.05, 3.63) is 48.1 Å². The van der Waals surface area contributed by atoms with Gasteiger partial charge in [0, 0.05) is 0 Å². The van der Waals surface area contributed by atoms with Gasteiger partial charge in [-0.3, -0.25) is 0 Å². The molecule has 2 atom stereocenters. The SMILES string of the molecule is CC1(C)OB(C2CCCCC(C3=C/C=C\C=C/C=C\3)CC2)OC1(C)C. The predicted molar refractivity (Wildman–Crippen MR) is 107 cm³/mol. The lowest BCUT2D eigenvalue weighted by molar-refractivity contribution is 0.00578. The predicted octanol–water partition coefficient (Wildman–Crippen LogP) is 6.03. The van der Waals surface area contributed by atoms with Gasteiger partial charge in [0.1, 0.15) is 0 Å². The average molecular weight is 340 g/mol. The summed E-state index contributed by atoms with van der Waals surface area (Å²) in [5.41, 5.74) is 1.03. The molecule has 0 aromatic rings. The quantitative estimate of drug-likeness (QED) is 0.572. The maximum Gasteiger partial charge on any atom is 0.461 e. The Balaban J connectivity index is 1.66. The molecular formula is C22H33BO2. The third-order valence-corrected chi connectivity index (χ3v) is 6.41. The Kier molecular flexibility index (Phi) is 5.75. The maximum atomic E-state index is 6.35. The minimum Gasteiger partial charge on any atom is -0.403 e. The lowest BCUT2D eigenvalue weighted by Gasteiger charge is -2.32. The van der Waals surface area contributed by atoms with Crippen LogP contribution in [0.25, 0.3) is 0 Å². The third kappa shape index (κ3) is 4.38. The molecule has 0 aromatic heterocycles. The summed E-state index contributed by atoms with van der Waals surface area (Å²) in [6.07, 6.45) is 22.7. The van der Waals surface area contributed by atoms with E-state index >= 15 is 0 Å². The van der Waals surface area contributed by atoms with E-state index in [9.17, 15) is 0 Å². The number of hydrogen-bond donors (Lipinski definition) is 0. The van der Waals surface area contributed by atoms with Gasteiger partial charge in [0.05, 0.1) is 11.2 Å². The number of allylic oxidation sites excluding steroid dienone is 8. The first-order valence-corrected chi connectivity index (χ1v) is 9.96. The van der Waals surface area contributed by atoms with Gasteiger partial charge < -0.3 is 9.31 Å². The normalized spacial score (nSPS) is 37.8. The van der Waals surface area contributed by atoms with Crippen molar-refractivity contribution < 1.29 is 9.31 Å². The maximum absolute atomic E-state index is 6.35. The fourth-order valence-electron chi connectivity index (χ4n) is 4.04. The monoisotopic (exact) mass is 340 g/mol. The fourth-order valence-corrected chi connectivity index (χ4v) is 4.04. The van der Waals surface area contributed by atoms with Crippen LogP contribution in [-0.2, 0) is 9.31 Å². The Morgan fingerprint density at radius 2 is 1.44 bits per heavy atom. The molecule has 1 aliphatic heterocycles. The molecule has 2 aliphatic carbocycles. The largest absolute Gasteiger partial charge is 0.461 e. The van der Waals surface area contributed by atoms with E-state index in [1.54, 1.807) is 0 Å². The van der Waals surface area contributed by atoms with Gasteiger partial charge in [-0.15, -0.1) is 0 Å². The topological polar surface area (TPSA) is 18.5 Å². The van der Waals surface area contributed by atoms with Crippen LogP contribution < -0.4 is 0 Å². The summed E-state index contributed by atoms with van der Waals surface area (Å²) in [5.74, 6) is 1.16. The fraction of sp³-hybridized carbons (Fsp3) is 0.636. The van der Waals surface area contributed by atoms with Crippen molar-refractivity contribution in [2.45, 2.75) is 83.2 Å². The van der Waals surface area contributed by atoms with E-state index in [-0.39, 0.29) is 18.3 Å². The first kappa shape index (κ1) is 18.7. The van der Waals surface area contributed by atoms with E-state index in [1.165, 1.54) is 44.1 Å². The highest BCUT2D eigenvalue weighted by Gasteiger charge is 2.53. The van der Waals surface area contributed by atoms with Gasteiger partial charge in [-0.1, -0.05) is 68.2 Å². The highest BCUT2D eigenvalue weighted by atomic mass is 16.7. The van der Waals surface area contributed by atoms with Crippen LogP contribution in [-0.4, -0.2) is 18.3 Å². The molecule has 0 spiro atoms. The van der Waals surface area contributed by atoms with Crippen LogP contribution in [0.15, 0.2) is 48.1 Å². The molecule has 3 heteroatoms. The highest BCUT2D eigenvalue weighted by molar-refractivity contribution is 6.47. The van der Waals surface area contributed by atoms with E-state index in [2.05, 4.69) is 70.2 Å². The molecule has 0 amide bonds. The van der Waals surface area contributed by atoms with E-state index in [0.717, 1.165) is 0 Å². The zero-order valence-corrected chi connectivity index (χ0v) is 16.3. The van der Waals surface area contributed by atoms with Gasteiger partial charge in [0.15, 0.2) is 0 Å². The Bertz CT molecular complexity index is 567. The molecule has 2 unspecified atom stereocenters. The summed E-state index contributed by atoms with van der Waals surface area (Å²) in [4.78, 5) is 0. The van der Waals surface area contributed by atoms with Crippen LogP contribution in [0.1, 0.15) is 66.2 Å². The average Bonchev–Trinajstić information content (AvgIpc) is 2.68. The molecule has 0 aromatic carbocycles. The van der Waals surface area contributed by atoms with Gasteiger partial charge in [-0.25, -0.2) is 0 Å². The molecule has 3 rings (SSSR count). The molecule has 3 aliphatic rings. The molecule has 2 fully saturated rings. The molecule has 0 radical (unpaired) electrons. The minimum absolute atomic E-state index is 0.0477. The Morgan fingerprint density at radius 1 is 0.800 bits per heavy atom. The Hall–Kier alpha value is -1.06. The second kappa shape index (κ2) is 7.67. The van der Waals surface area contributed by atoms with E-state index in [0.29, 0.717) is 11.7 Å². The second-order valence-electron chi connectivity index (χ2n) is 8.74. The molecule has 0 bridgehead atoms. The van der Waals surface area contributed by atoms with Crippen molar-refractivity contribution in [1.29, 1.82) is 0 Å². The second-order valence-corrected chi connectivity index (χ2v) is 8.74. The van der Waals surface area contributed by atoms with Crippen molar-refractivity contribution in [2.75, 3.05) is 0 Å². The van der Waals surface area contributed by atoms with Crippen LogP contribution >= 0.6 is 0 Å². The van der Waals surface area contributed by atoms with Crippen LogP contribution in [0.3, 0.4) is 0 Å². The molecule has 2 nitrogen and oxygen atoms in total. The van der Waals surface area contributed by atoms with Crippen LogP contribution in [0.5, 0.6) is 0 Å². The van der Waals surface area contributed by atoms with Gasteiger partial charge in [-0.2, -0.15) is 0 Å². The molecule has 25 heavy (non-hydrogen) atoms. The van der Waals surface area contributed by atoms with Gasteiger partial charge in [-0.05, 0) is 57.8 Å². The molecule has 0 N–H and O–H groups in total. The minimum atomic E-state index is -0.221. The van der Waals surface area contributed by atoms with E-state index in [4.69, 9.17) is 9.31 Å². The van der Waals surface area contributed by atoms with Gasteiger partial charge >= 0.3 is 7.12 Å². The number of hydrogen-bond acceptors (Lipinski definition) is 2. The Labute approximate surface area is 154 Å². The zero-order valence-electron chi connectivity index (χ0n) is 16.3. The summed E-state index contributed by atoms with van der Waals surface area (Å²) in [7, 11) is -0.0477. The first-order valence-electron chi connectivity index (χ1n) is 9.96.